The Morgan fingerprint density at radius 2 is 1.78 bits per heavy atom. The Balaban J connectivity index is 2.30. The molecule has 1 N–H and O–H groups in total. The van der Waals surface area contributed by atoms with Gasteiger partial charge in [0.1, 0.15) is 0 Å². The Labute approximate surface area is 103 Å². The van der Waals surface area contributed by atoms with Crippen LogP contribution in [0.25, 0.3) is 16.6 Å². The second-order valence-electron chi connectivity index (χ2n) is 3.94. The Kier molecular flexibility index (Phi) is 2.34. The molecule has 18 heavy (non-hydrogen) atoms. The average molecular weight is 238 g/mol. The third-order valence-electron chi connectivity index (χ3n) is 2.84. The van der Waals surface area contributed by atoms with Crippen LogP contribution in [0.4, 0.5) is 0 Å². The fourth-order valence-corrected chi connectivity index (χ4v) is 2.00. The van der Waals surface area contributed by atoms with E-state index in [1.54, 1.807) is 35.1 Å². The third kappa shape index (κ3) is 1.55. The van der Waals surface area contributed by atoms with E-state index in [1.165, 1.54) is 0 Å². The van der Waals surface area contributed by atoms with Gasteiger partial charge in [-0.1, -0.05) is 30.3 Å². The van der Waals surface area contributed by atoms with E-state index in [2.05, 4.69) is 5.10 Å². The molecular formula is C14H10N2O2. The van der Waals surface area contributed by atoms with Crippen LogP contribution < -0.4 is 0 Å². The standard InChI is InChI=1S/C14H10N2O2/c17-14(18)11-6-2-4-8-13(11)16-12-7-3-1-5-10(12)9-15-16/h1-9H,(H,17,18). The molecule has 0 saturated heterocycles. The van der Waals surface area contributed by atoms with Gasteiger partial charge in [0.15, 0.2) is 0 Å². The number of para-hydroxylation sites is 2. The highest BCUT2D eigenvalue weighted by Crippen LogP contribution is 2.20. The molecule has 88 valence electrons. The van der Waals surface area contributed by atoms with Crippen LogP contribution in [0, 0.1) is 0 Å². The van der Waals surface area contributed by atoms with Gasteiger partial charge in [0.25, 0.3) is 0 Å². The first-order valence-electron chi connectivity index (χ1n) is 5.53. The van der Waals surface area contributed by atoms with Gasteiger partial charge < -0.3 is 5.11 Å². The Hall–Kier alpha value is -2.62. The van der Waals surface area contributed by atoms with Gasteiger partial charge >= 0.3 is 5.97 Å². The van der Waals surface area contributed by atoms with Crippen LogP contribution in [-0.2, 0) is 0 Å². The average Bonchev–Trinajstić information content (AvgIpc) is 2.82. The fourth-order valence-electron chi connectivity index (χ4n) is 2.00. The maximum Gasteiger partial charge on any atom is 0.337 e. The monoisotopic (exact) mass is 238 g/mol. The highest BCUT2D eigenvalue weighted by atomic mass is 16.4. The second-order valence-corrected chi connectivity index (χ2v) is 3.94. The van der Waals surface area contributed by atoms with Crippen molar-refractivity contribution in [3.63, 3.8) is 0 Å². The SMILES string of the molecule is O=C(O)c1ccccc1-n1ncc2ccccc21. The highest BCUT2D eigenvalue weighted by molar-refractivity contribution is 5.93. The summed E-state index contributed by atoms with van der Waals surface area (Å²) in [5.41, 5.74) is 1.71. The Morgan fingerprint density at radius 3 is 2.61 bits per heavy atom. The summed E-state index contributed by atoms with van der Waals surface area (Å²) in [5.74, 6) is -0.954. The number of aromatic carboxylic acids is 1. The number of fused-ring (bicyclic) bond motifs is 1. The zero-order valence-electron chi connectivity index (χ0n) is 9.45. The molecule has 0 aliphatic rings. The summed E-state index contributed by atoms with van der Waals surface area (Å²) in [4.78, 5) is 11.2. The van der Waals surface area contributed by atoms with Crippen LogP contribution in [0.15, 0.2) is 54.7 Å². The van der Waals surface area contributed by atoms with Crippen molar-refractivity contribution in [2.45, 2.75) is 0 Å². The van der Waals surface area contributed by atoms with Gasteiger partial charge in [0.05, 0.1) is 23.0 Å². The number of hydrogen-bond acceptors (Lipinski definition) is 2. The van der Waals surface area contributed by atoms with Gasteiger partial charge in [-0.2, -0.15) is 5.10 Å². The van der Waals surface area contributed by atoms with Gasteiger partial charge in [-0.25, -0.2) is 9.48 Å². The quantitative estimate of drug-likeness (QED) is 0.746. The summed E-state index contributed by atoms with van der Waals surface area (Å²) in [6.07, 6.45) is 1.73. The minimum Gasteiger partial charge on any atom is -0.478 e. The van der Waals surface area contributed by atoms with Gasteiger partial charge in [0, 0.05) is 5.39 Å². The number of carboxylic acid groups (broad SMARTS) is 1. The topological polar surface area (TPSA) is 55.1 Å². The molecule has 2 aromatic carbocycles. The Bertz CT molecular complexity index is 731. The lowest BCUT2D eigenvalue weighted by Crippen LogP contribution is -2.06. The molecule has 0 unspecified atom stereocenters. The summed E-state index contributed by atoms with van der Waals surface area (Å²) in [6.45, 7) is 0. The largest absolute Gasteiger partial charge is 0.478 e. The lowest BCUT2D eigenvalue weighted by atomic mass is 10.1. The number of carboxylic acids is 1. The van der Waals surface area contributed by atoms with Crippen LogP contribution in [0.3, 0.4) is 0 Å². The number of rotatable bonds is 2. The summed E-state index contributed by atoms with van der Waals surface area (Å²) in [5, 5.41) is 14.4. The minimum atomic E-state index is -0.954. The summed E-state index contributed by atoms with van der Waals surface area (Å²) in [7, 11) is 0. The van der Waals surface area contributed by atoms with Gasteiger partial charge in [-0.3, -0.25) is 0 Å². The summed E-state index contributed by atoms with van der Waals surface area (Å²) < 4.78 is 1.65. The predicted molar refractivity (Wildman–Crippen MR) is 68.0 cm³/mol. The molecule has 3 rings (SSSR count). The van der Waals surface area contributed by atoms with Crippen molar-refractivity contribution in [2.75, 3.05) is 0 Å². The van der Waals surface area contributed by atoms with Crippen molar-refractivity contribution >= 4 is 16.9 Å². The van der Waals surface area contributed by atoms with Gasteiger partial charge in [-0.05, 0) is 18.2 Å². The number of hydrogen-bond donors (Lipinski definition) is 1. The van der Waals surface area contributed by atoms with Crippen LogP contribution in [0.1, 0.15) is 10.4 Å². The summed E-state index contributed by atoms with van der Waals surface area (Å²) >= 11 is 0. The van der Waals surface area contributed by atoms with E-state index in [9.17, 15) is 9.90 Å². The first-order valence-corrected chi connectivity index (χ1v) is 5.53. The maximum absolute atomic E-state index is 11.2. The van der Waals surface area contributed by atoms with Gasteiger partial charge in [-0.15, -0.1) is 0 Å². The lowest BCUT2D eigenvalue weighted by Gasteiger charge is -2.06. The highest BCUT2D eigenvalue weighted by Gasteiger charge is 2.12. The van der Waals surface area contributed by atoms with Crippen molar-refractivity contribution in [2.24, 2.45) is 0 Å². The summed E-state index contributed by atoms with van der Waals surface area (Å²) in [6, 6.07) is 14.5. The van der Waals surface area contributed by atoms with E-state index in [1.807, 2.05) is 24.3 Å². The number of nitrogens with zero attached hydrogens (tertiary/aromatic N) is 2. The maximum atomic E-state index is 11.2. The molecule has 0 saturated carbocycles. The third-order valence-corrected chi connectivity index (χ3v) is 2.84. The van der Waals surface area contributed by atoms with Crippen molar-refractivity contribution in [1.29, 1.82) is 0 Å². The second kappa shape index (κ2) is 4.00. The number of aromatic nitrogens is 2. The van der Waals surface area contributed by atoms with Crippen LogP contribution in [0.5, 0.6) is 0 Å². The molecule has 1 aromatic heterocycles. The van der Waals surface area contributed by atoms with E-state index in [4.69, 9.17) is 0 Å². The minimum absolute atomic E-state index is 0.242. The molecule has 0 spiro atoms. The molecule has 0 atom stereocenters. The molecule has 4 heteroatoms. The molecule has 0 aliphatic heterocycles. The van der Waals surface area contributed by atoms with E-state index in [0.717, 1.165) is 10.9 Å². The predicted octanol–water partition coefficient (Wildman–Crippen LogP) is 2.72. The molecular weight excluding hydrogens is 228 g/mol. The van der Waals surface area contributed by atoms with Crippen LogP contribution in [0.2, 0.25) is 0 Å². The van der Waals surface area contributed by atoms with E-state index >= 15 is 0 Å². The zero-order chi connectivity index (χ0) is 12.5. The van der Waals surface area contributed by atoms with Crippen molar-refractivity contribution < 1.29 is 9.90 Å². The van der Waals surface area contributed by atoms with Gasteiger partial charge in [0.2, 0.25) is 0 Å². The molecule has 0 aliphatic carbocycles. The van der Waals surface area contributed by atoms with Crippen molar-refractivity contribution in [3.8, 4) is 5.69 Å². The number of benzene rings is 2. The first kappa shape index (κ1) is 10.5. The molecule has 1 heterocycles. The molecule has 0 bridgehead atoms. The van der Waals surface area contributed by atoms with Crippen molar-refractivity contribution in [3.05, 3.63) is 60.3 Å². The van der Waals surface area contributed by atoms with Crippen LogP contribution in [-0.4, -0.2) is 20.9 Å². The van der Waals surface area contributed by atoms with Crippen LogP contribution >= 0.6 is 0 Å². The zero-order valence-corrected chi connectivity index (χ0v) is 9.45. The first-order chi connectivity index (χ1) is 8.77. The van der Waals surface area contributed by atoms with E-state index in [0.29, 0.717) is 5.69 Å². The smallest absolute Gasteiger partial charge is 0.337 e. The van der Waals surface area contributed by atoms with Crippen molar-refractivity contribution in [1.82, 2.24) is 9.78 Å². The molecule has 0 fully saturated rings. The molecule has 4 nitrogen and oxygen atoms in total. The Morgan fingerprint density at radius 1 is 1.06 bits per heavy atom. The fraction of sp³-hybridized carbons (Fsp3) is 0. The molecule has 0 radical (unpaired) electrons. The molecule has 3 aromatic rings. The van der Waals surface area contributed by atoms with E-state index < -0.39 is 5.97 Å². The lowest BCUT2D eigenvalue weighted by molar-refractivity contribution is 0.0697. The number of carbonyl (C=O) groups is 1. The normalized spacial score (nSPS) is 10.7. The van der Waals surface area contributed by atoms with E-state index in [-0.39, 0.29) is 5.56 Å². The molecule has 0 amide bonds.